The molecule has 3 rings (SSSR count). The summed E-state index contributed by atoms with van der Waals surface area (Å²) in [7, 11) is 0. The number of aryl methyl sites for hydroxylation is 1. The largest absolute Gasteiger partial charge is 0.491 e. The Bertz CT molecular complexity index is 725. The molecule has 0 aliphatic carbocycles. The van der Waals surface area contributed by atoms with Gasteiger partial charge in [-0.25, -0.2) is 0 Å². The first-order chi connectivity index (χ1) is 9.61. The normalized spacial score (nSPS) is 11.4. The average molecular weight is 270 g/mol. The van der Waals surface area contributed by atoms with Gasteiger partial charge in [0.25, 0.3) is 0 Å². The van der Waals surface area contributed by atoms with Gasteiger partial charge in [-0.3, -0.25) is 0 Å². The van der Waals surface area contributed by atoms with Gasteiger partial charge in [0.1, 0.15) is 5.75 Å². The minimum Gasteiger partial charge on any atom is -0.491 e. The number of fused-ring (bicyclic) bond motifs is 1. The van der Waals surface area contributed by atoms with E-state index in [2.05, 4.69) is 34.1 Å². The van der Waals surface area contributed by atoms with E-state index in [0.29, 0.717) is 6.54 Å². The fraction of sp³-hybridized carbons (Fsp3) is 0.312. The average Bonchev–Trinajstić information content (AvgIpc) is 2.96. The highest BCUT2D eigenvalue weighted by Crippen LogP contribution is 2.23. The summed E-state index contributed by atoms with van der Waals surface area (Å²) in [5, 5.41) is 5.08. The van der Waals surface area contributed by atoms with Crippen LogP contribution in [0.1, 0.15) is 25.3 Å². The minimum atomic E-state index is 0.187. The monoisotopic (exact) mass is 270 g/mol. The van der Waals surface area contributed by atoms with Gasteiger partial charge in [-0.2, -0.15) is 0 Å². The molecule has 0 saturated heterocycles. The Morgan fingerprint density at radius 3 is 2.80 bits per heavy atom. The summed E-state index contributed by atoms with van der Waals surface area (Å²) in [6, 6.07) is 10.2. The van der Waals surface area contributed by atoms with E-state index in [9.17, 15) is 0 Å². The van der Waals surface area contributed by atoms with Crippen LogP contribution in [0.2, 0.25) is 0 Å². The number of ether oxygens (including phenoxy) is 1. The van der Waals surface area contributed by atoms with Crippen LogP contribution in [0, 0.1) is 6.92 Å². The summed E-state index contributed by atoms with van der Waals surface area (Å²) in [5.41, 5.74) is 2.07. The summed E-state index contributed by atoms with van der Waals surface area (Å²) in [5.74, 6) is 1.77. The second kappa shape index (κ2) is 5.04. The van der Waals surface area contributed by atoms with Crippen LogP contribution in [0.25, 0.3) is 10.9 Å². The van der Waals surface area contributed by atoms with Crippen LogP contribution in [0.3, 0.4) is 0 Å². The van der Waals surface area contributed by atoms with Crippen molar-refractivity contribution in [3.05, 3.63) is 48.0 Å². The van der Waals surface area contributed by atoms with Gasteiger partial charge in [0, 0.05) is 23.2 Å². The summed E-state index contributed by atoms with van der Waals surface area (Å²) >= 11 is 0. The first-order valence-electron chi connectivity index (χ1n) is 6.79. The SMILES string of the molecule is Cc1cc(Cn2ccc3cc(OC(C)C)ccc32)on1. The molecule has 20 heavy (non-hydrogen) atoms. The Hall–Kier alpha value is -2.23. The summed E-state index contributed by atoms with van der Waals surface area (Å²) in [4.78, 5) is 0. The predicted molar refractivity (Wildman–Crippen MR) is 78.0 cm³/mol. The van der Waals surface area contributed by atoms with Gasteiger partial charge in [-0.1, -0.05) is 5.16 Å². The molecule has 0 spiro atoms. The number of rotatable bonds is 4. The molecule has 3 aromatic rings. The van der Waals surface area contributed by atoms with E-state index in [0.717, 1.165) is 22.7 Å². The van der Waals surface area contributed by atoms with E-state index in [1.54, 1.807) is 0 Å². The quantitative estimate of drug-likeness (QED) is 0.724. The van der Waals surface area contributed by atoms with Gasteiger partial charge in [0.2, 0.25) is 0 Å². The first-order valence-corrected chi connectivity index (χ1v) is 6.79. The van der Waals surface area contributed by atoms with Crippen LogP contribution in [0.4, 0.5) is 0 Å². The fourth-order valence-electron chi connectivity index (χ4n) is 2.32. The highest BCUT2D eigenvalue weighted by molar-refractivity contribution is 5.81. The molecular weight excluding hydrogens is 252 g/mol. The minimum absolute atomic E-state index is 0.187. The molecule has 0 fully saturated rings. The molecule has 0 bridgehead atoms. The topological polar surface area (TPSA) is 40.2 Å². The van der Waals surface area contributed by atoms with Crippen molar-refractivity contribution in [2.75, 3.05) is 0 Å². The maximum Gasteiger partial charge on any atom is 0.156 e. The Morgan fingerprint density at radius 1 is 1.25 bits per heavy atom. The molecule has 0 aliphatic heterocycles. The highest BCUT2D eigenvalue weighted by Gasteiger charge is 2.07. The lowest BCUT2D eigenvalue weighted by atomic mass is 10.2. The molecule has 0 radical (unpaired) electrons. The van der Waals surface area contributed by atoms with Crippen molar-refractivity contribution < 1.29 is 9.26 Å². The molecule has 2 heterocycles. The van der Waals surface area contributed by atoms with E-state index < -0.39 is 0 Å². The molecular formula is C16H18N2O2. The van der Waals surface area contributed by atoms with Crippen molar-refractivity contribution in [3.63, 3.8) is 0 Å². The number of benzene rings is 1. The molecule has 4 nitrogen and oxygen atoms in total. The van der Waals surface area contributed by atoms with E-state index >= 15 is 0 Å². The molecule has 0 amide bonds. The zero-order valence-electron chi connectivity index (χ0n) is 12.0. The predicted octanol–water partition coefficient (Wildman–Crippen LogP) is 3.77. The van der Waals surface area contributed by atoms with Crippen LogP contribution in [0.5, 0.6) is 5.75 Å². The molecule has 0 N–H and O–H groups in total. The molecule has 1 aromatic carbocycles. The van der Waals surface area contributed by atoms with Gasteiger partial charge in [-0.15, -0.1) is 0 Å². The second-order valence-electron chi connectivity index (χ2n) is 5.27. The number of nitrogens with zero attached hydrogens (tertiary/aromatic N) is 2. The molecule has 0 unspecified atom stereocenters. The lowest BCUT2D eigenvalue weighted by molar-refractivity contribution is 0.243. The van der Waals surface area contributed by atoms with Crippen molar-refractivity contribution in [2.45, 2.75) is 33.4 Å². The lowest BCUT2D eigenvalue weighted by Gasteiger charge is -2.10. The number of hydrogen-bond acceptors (Lipinski definition) is 3. The first kappa shape index (κ1) is 12.8. The van der Waals surface area contributed by atoms with Crippen molar-refractivity contribution in [1.29, 1.82) is 0 Å². The molecule has 4 heteroatoms. The van der Waals surface area contributed by atoms with Crippen LogP contribution < -0.4 is 4.74 Å². The highest BCUT2D eigenvalue weighted by atomic mass is 16.5. The van der Waals surface area contributed by atoms with Gasteiger partial charge in [0.15, 0.2) is 5.76 Å². The third-order valence-electron chi connectivity index (χ3n) is 3.12. The Balaban J connectivity index is 1.89. The third-order valence-corrected chi connectivity index (χ3v) is 3.12. The Labute approximate surface area is 117 Å². The van der Waals surface area contributed by atoms with Crippen molar-refractivity contribution >= 4 is 10.9 Å². The summed E-state index contributed by atoms with van der Waals surface area (Å²) in [6.07, 6.45) is 2.24. The maximum absolute atomic E-state index is 5.72. The zero-order chi connectivity index (χ0) is 14.1. The molecule has 0 saturated carbocycles. The van der Waals surface area contributed by atoms with Gasteiger partial charge in [-0.05, 0) is 45.0 Å². The number of hydrogen-bond donors (Lipinski definition) is 0. The third kappa shape index (κ3) is 2.54. The Kier molecular flexibility index (Phi) is 3.22. The molecule has 104 valence electrons. The fourth-order valence-corrected chi connectivity index (χ4v) is 2.32. The lowest BCUT2D eigenvalue weighted by Crippen LogP contribution is -2.05. The van der Waals surface area contributed by atoms with E-state index in [4.69, 9.17) is 9.26 Å². The molecule has 0 atom stereocenters. The summed E-state index contributed by atoms with van der Waals surface area (Å²) in [6.45, 7) is 6.67. The van der Waals surface area contributed by atoms with Crippen molar-refractivity contribution in [1.82, 2.24) is 9.72 Å². The van der Waals surface area contributed by atoms with Crippen molar-refractivity contribution in [3.8, 4) is 5.75 Å². The van der Waals surface area contributed by atoms with Crippen LogP contribution >= 0.6 is 0 Å². The summed E-state index contributed by atoms with van der Waals surface area (Å²) < 4.78 is 13.1. The van der Waals surface area contributed by atoms with E-state index in [1.807, 2.05) is 32.9 Å². The van der Waals surface area contributed by atoms with Crippen molar-refractivity contribution in [2.24, 2.45) is 0 Å². The molecule has 2 aromatic heterocycles. The van der Waals surface area contributed by atoms with Crippen LogP contribution in [-0.4, -0.2) is 15.8 Å². The maximum atomic E-state index is 5.72. The van der Waals surface area contributed by atoms with E-state index in [1.165, 1.54) is 5.39 Å². The van der Waals surface area contributed by atoms with E-state index in [-0.39, 0.29) is 6.10 Å². The van der Waals surface area contributed by atoms with Gasteiger partial charge >= 0.3 is 0 Å². The van der Waals surface area contributed by atoms with Crippen LogP contribution in [0.15, 0.2) is 41.1 Å². The standard InChI is InChI=1S/C16H18N2O2/c1-11(2)19-14-4-5-16-13(9-14)6-7-18(16)10-15-8-12(3)17-20-15/h4-9,11H,10H2,1-3H3. The Morgan fingerprint density at radius 2 is 2.10 bits per heavy atom. The zero-order valence-corrected chi connectivity index (χ0v) is 12.0. The van der Waals surface area contributed by atoms with Gasteiger partial charge in [0.05, 0.1) is 18.3 Å². The number of aromatic nitrogens is 2. The van der Waals surface area contributed by atoms with Crippen LogP contribution in [-0.2, 0) is 6.54 Å². The smallest absolute Gasteiger partial charge is 0.156 e. The molecule has 0 aliphatic rings. The van der Waals surface area contributed by atoms with Gasteiger partial charge < -0.3 is 13.8 Å². The second-order valence-corrected chi connectivity index (χ2v) is 5.27.